The maximum Gasteiger partial charge on any atom is 0.227 e. The lowest BCUT2D eigenvalue weighted by atomic mass is 9.88. The summed E-state index contributed by atoms with van der Waals surface area (Å²) in [5.41, 5.74) is -0.435. The van der Waals surface area contributed by atoms with Crippen LogP contribution >= 0.6 is 11.6 Å². The van der Waals surface area contributed by atoms with Crippen molar-refractivity contribution in [2.45, 2.75) is 37.4 Å². The van der Waals surface area contributed by atoms with Crippen LogP contribution in [0.15, 0.2) is 24.3 Å². The van der Waals surface area contributed by atoms with Crippen LogP contribution in [0.3, 0.4) is 0 Å². The summed E-state index contributed by atoms with van der Waals surface area (Å²) in [7, 11) is 0. The molecule has 1 aromatic carbocycles. The van der Waals surface area contributed by atoms with Crippen LogP contribution in [0.5, 0.6) is 0 Å². The molecule has 0 saturated carbocycles. The number of piperidine rings is 1. The highest BCUT2D eigenvalue weighted by molar-refractivity contribution is 6.30. The van der Waals surface area contributed by atoms with E-state index in [4.69, 9.17) is 16.3 Å². The Balaban J connectivity index is 1.52. The van der Waals surface area contributed by atoms with Gasteiger partial charge < -0.3 is 25.2 Å². The normalized spacial score (nSPS) is 26.9. The number of rotatable bonds is 6. The van der Waals surface area contributed by atoms with Crippen LogP contribution in [-0.2, 0) is 16.0 Å². The molecule has 7 heteroatoms. The number of likely N-dealkylation sites (tertiary alicyclic amines) is 1. The van der Waals surface area contributed by atoms with E-state index in [0.717, 1.165) is 38.2 Å². The van der Waals surface area contributed by atoms with Gasteiger partial charge in [-0.05, 0) is 49.4 Å². The van der Waals surface area contributed by atoms with E-state index in [2.05, 4.69) is 5.32 Å². The third-order valence-corrected chi connectivity index (χ3v) is 5.84. The fourth-order valence-electron chi connectivity index (χ4n) is 3.78. The molecule has 150 valence electrons. The quantitative estimate of drug-likeness (QED) is 0.673. The van der Waals surface area contributed by atoms with Gasteiger partial charge in [0.2, 0.25) is 5.91 Å². The minimum atomic E-state index is -1.32. The van der Waals surface area contributed by atoms with Gasteiger partial charge in [-0.3, -0.25) is 4.79 Å². The van der Waals surface area contributed by atoms with E-state index in [-0.39, 0.29) is 25.4 Å². The molecule has 2 aliphatic heterocycles. The molecule has 1 amide bonds. The smallest absolute Gasteiger partial charge is 0.227 e. The first-order valence-electron chi connectivity index (χ1n) is 9.67. The number of carbonyl (C=O) groups is 1. The number of carbonyl (C=O) groups excluding carboxylic acids is 1. The zero-order valence-corrected chi connectivity index (χ0v) is 16.3. The number of benzene rings is 1. The first kappa shape index (κ1) is 20.6. The van der Waals surface area contributed by atoms with Crippen LogP contribution in [0.4, 0.5) is 0 Å². The maximum atomic E-state index is 12.6. The van der Waals surface area contributed by atoms with Gasteiger partial charge in [-0.2, -0.15) is 0 Å². The van der Waals surface area contributed by atoms with E-state index in [0.29, 0.717) is 23.9 Å². The molecule has 2 saturated heterocycles. The zero-order valence-electron chi connectivity index (χ0n) is 15.6. The Labute approximate surface area is 165 Å². The van der Waals surface area contributed by atoms with Gasteiger partial charge in [0.25, 0.3) is 0 Å². The Morgan fingerprint density at radius 3 is 2.67 bits per heavy atom. The fourth-order valence-corrected chi connectivity index (χ4v) is 3.91. The molecule has 3 N–H and O–H groups in total. The average molecular weight is 397 g/mol. The van der Waals surface area contributed by atoms with Gasteiger partial charge in [-0.1, -0.05) is 23.7 Å². The van der Waals surface area contributed by atoms with Crippen molar-refractivity contribution in [2.24, 2.45) is 5.92 Å². The molecule has 1 aromatic rings. The summed E-state index contributed by atoms with van der Waals surface area (Å²) in [6.07, 6.45) is 1.83. The monoisotopic (exact) mass is 396 g/mol. The molecule has 0 spiro atoms. The van der Waals surface area contributed by atoms with Crippen molar-refractivity contribution in [2.75, 3.05) is 39.4 Å². The van der Waals surface area contributed by atoms with Crippen molar-refractivity contribution in [1.82, 2.24) is 10.2 Å². The SMILES string of the molecule is O=C(Cc1ccc(Cl)cc1)N1CC[C@H](O)[C@@](O)(CNCC2CCOCC2)C1. The van der Waals surface area contributed by atoms with Gasteiger partial charge in [0.05, 0.1) is 19.1 Å². The molecule has 2 heterocycles. The molecule has 27 heavy (non-hydrogen) atoms. The Bertz CT molecular complexity index is 621. The van der Waals surface area contributed by atoms with E-state index >= 15 is 0 Å². The second kappa shape index (κ2) is 9.34. The summed E-state index contributed by atoms with van der Waals surface area (Å²) in [6, 6.07) is 7.20. The molecule has 2 atom stereocenters. The molecular formula is C20H29ClN2O4. The van der Waals surface area contributed by atoms with Gasteiger partial charge in [0.1, 0.15) is 5.60 Å². The lowest BCUT2D eigenvalue weighted by Gasteiger charge is -2.43. The highest BCUT2D eigenvalue weighted by Gasteiger charge is 2.42. The number of aliphatic hydroxyl groups excluding tert-OH is 1. The Kier molecular flexibility index (Phi) is 7.11. The van der Waals surface area contributed by atoms with Crippen molar-refractivity contribution in [3.63, 3.8) is 0 Å². The summed E-state index contributed by atoms with van der Waals surface area (Å²) >= 11 is 5.88. The first-order chi connectivity index (χ1) is 13.0. The van der Waals surface area contributed by atoms with Gasteiger partial charge in [0, 0.05) is 31.3 Å². The number of β-amino-alcohol motifs (C(OH)–C–C–N with tert-alkyl or cyclic N) is 1. The molecule has 0 radical (unpaired) electrons. The van der Waals surface area contributed by atoms with Crippen molar-refractivity contribution < 1.29 is 19.7 Å². The van der Waals surface area contributed by atoms with Gasteiger partial charge in [-0.25, -0.2) is 0 Å². The van der Waals surface area contributed by atoms with Crippen molar-refractivity contribution in [3.05, 3.63) is 34.9 Å². The minimum absolute atomic E-state index is 0.0490. The number of nitrogens with zero attached hydrogens (tertiary/aromatic N) is 1. The molecule has 0 aliphatic carbocycles. The number of nitrogens with one attached hydrogen (secondary N) is 1. The topological polar surface area (TPSA) is 82.0 Å². The lowest BCUT2D eigenvalue weighted by molar-refractivity contribution is -0.150. The number of ether oxygens (including phenoxy) is 1. The molecule has 2 aliphatic rings. The predicted molar refractivity (Wildman–Crippen MR) is 104 cm³/mol. The predicted octanol–water partition coefficient (Wildman–Crippen LogP) is 1.22. The number of halogens is 1. The number of aliphatic hydroxyl groups is 2. The van der Waals surface area contributed by atoms with E-state index in [1.807, 2.05) is 12.1 Å². The Morgan fingerprint density at radius 1 is 1.26 bits per heavy atom. The summed E-state index contributed by atoms with van der Waals surface area (Å²) in [6.45, 7) is 3.23. The largest absolute Gasteiger partial charge is 0.390 e. The molecule has 6 nitrogen and oxygen atoms in total. The van der Waals surface area contributed by atoms with Crippen molar-refractivity contribution >= 4 is 17.5 Å². The molecular weight excluding hydrogens is 368 g/mol. The second-order valence-electron chi connectivity index (χ2n) is 7.71. The molecule has 0 aromatic heterocycles. The van der Waals surface area contributed by atoms with Crippen LogP contribution in [0.2, 0.25) is 5.02 Å². The standard InChI is InChI=1S/C20H29ClN2O4/c21-17-3-1-15(2-4-17)11-19(25)23-8-5-18(24)20(26,14-23)13-22-12-16-6-9-27-10-7-16/h1-4,16,18,22,24,26H,5-14H2/t18-,20+/m0/s1. The third kappa shape index (κ3) is 5.65. The van der Waals surface area contributed by atoms with Crippen LogP contribution in [-0.4, -0.2) is 72.1 Å². The highest BCUT2D eigenvalue weighted by Crippen LogP contribution is 2.23. The molecule has 3 rings (SSSR count). The van der Waals surface area contributed by atoms with E-state index in [1.165, 1.54) is 0 Å². The van der Waals surface area contributed by atoms with Crippen LogP contribution in [0, 0.1) is 5.92 Å². The second-order valence-corrected chi connectivity index (χ2v) is 8.15. The van der Waals surface area contributed by atoms with Crippen LogP contribution in [0.25, 0.3) is 0 Å². The van der Waals surface area contributed by atoms with Crippen LogP contribution < -0.4 is 5.32 Å². The zero-order chi connectivity index (χ0) is 19.3. The first-order valence-corrected chi connectivity index (χ1v) is 10.1. The van der Waals surface area contributed by atoms with Crippen molar-refractivity contribution in [1.29, 1.82) is 0 Å². The van der Waals surface area contributed by atoms with Gasteiger partial charge >= 0.3 is 0 Å². The summed E-state index contributed by atoms with van der Waals surface area (Å²) in [5, 5.41) is 25.2. The van der Waals surface area contributed by atoms with Gasteiger partial charge in [0.15, 0.2) is 0 Å². The highest BCUT2D eigenvalue weighted by atomic mass is 35.5. The van der Waals surface area contributed by atoms with Crippen LogP contribution in [0.1, 0.15) is 24.8 Å². The summed E-state index contributed by atoms with van der Waals surface area (Å²) < 4.78 is 5.36. The van der Waals surface area contributed by atoms with Gasteiger partial charge in [-0.15, -0.1) is 0 Å². The summed E-state index contributed by atoms with van der Waals surface area (Å²) in [5.74, 6) is 0.484. The molecule has 0 bridgehead atoms. The maximum absolute atomic E-state index is 12.6. The number of amides is 1. The van der Waals surface area contributed by atoms with E-state index < -0.39 is 11.7 Å². The Morgan fingerprint density at radius 2 is 1.96 bits per heavy atom. The van der Waals surface area contributed by atoms with Crippen molar-refractivity contribution in [3.8, 4) is 0 Å². The average Bonchev–Trinajstić information content (AvgIpc) is 2.67. The Hall–Kier alpha value is -1.18. The van der Waals surface area contributed by atoms with E-state index in [1.54, 1.807) is 17.0 Å². The lowest BCUT2D eigenvalue weighted by Crippen LogP contribution is -2.62. The molecule has 0 unspecified atom stereocenters. The minimum Gasteiger partial charge on any atom is -0.390 e. The fraction of sp³-hybridized carbons (Fsp3) is 0.650. The summed E-state index contributed by atoms with van der Waals surface area (Å²) in [4.78, 5) is 14.3. The number of hydrogen-bond donors (Lipinski definition) is 3. The number of hydrogen-bond acceptors (Lipinski definition) is 5. The molecule has 2 fully saturated rings. The third-order valence-electron chi connectivity index (χ3n) is 5.58. The van der Waals surface area contributed by atoms with E-state index in [9.17, 15) is 15.0 Å².